The Morgan fingerprint density at radius 3 is 2.91 bits per heavy atom. The second kappa shape index (κ2) is 7.10. The van der Waals surface area contributed by atoms with Gasteiger partial charge in [-0.1, -0.05) is 43.8 Å². The van der Waals surface area contributed by atoms with Crippen LogP contribution in [0.15, 0.2) is 47.1 Å². The van der Waals surface area contributed by atoms with Crippen molar-refractivity contribution in [2.24, 2.45) is 0 Å². The van der Waals surface area contributed by atoms with Crippen molar-refractivity contribution in [1.82, 2.24) is 9.97 Å². The molecule has 0 spiro atoms. The summed E-state index contributed by atoms with van der Waals surface area (Å²) in [4.78, 5) is 20.8. The first kappa shape index (κ1) is 16.0. The van der Waals surface area contributed by atoms with Gasteiger partial charge in [-0.3, -0.25) is 4.79 Å². The van der Waals surface area contributed by atoms with Gasteiger partial charge >= 0.3 is 0 Å². The zero-order valence-electron chi connectivity index (χ0n) is 12.9. The lowest BCUT2D eigenvalue weighted by atomic mass is 10.0. The predicted molar refractivity (Wildman–Crippen MR) is 97.3 cm³/mol. The van der Waals surface area contributed by atoms with Crippen molar-refractivity contribution in [3.63, 3.8) is 0 Å². The van der Waals surface area contributed by atoms with Crippen LogP contribution in [-0.2, 0) is 4.79 Å². The van der Waals surface area contributed by atoms with Crippen LogP contribution in [0, 0.1) is 0 Å². The van der Waals surface area contributed by atoms with E-state index in [-0.39, 0.29) is 5.91 Å². The Kier molecular flexibility index (Phi) is 4.93. The number of hydrogen-bond acceptors (Lipinski definition) is 5. The average molecular weight is 343 g/mol. The molecule has 0 aliphatic heterocycles. The van der Waals surface area contributed by atoms with Crippen molar-refractivity contribution in [3.05, 3.63) is 47.6 Å². The fourth-order valence-corrected chi connectivity index (χ4v) is 4.05. The summed E-state index contributed by atoms with van der Waals surface area (Å²) >= 11 is 3.04. The van der Waals surface area contributed by atoms with Crippen LogP contribution in [0.2, 0.25) is 0 Å². The van der Waals surface area contributed by atoms with Crippen LogP contribution in [-0.4, -0.2) is 21.6 Å². The molecule has 0 aliphatic carbocycles. The molecule has 0 saturated carbocycles. The molecule has 0 bridgehead atoms. The minimum atomic E-state index is -0.0218. The highest BCUT2D eigenvalue weighted by atomic mass is 32.2. The number of benzene rings is 1. The third-order valence-corrected chi connectivity index (χ3v) is 5.44. The quantitative estimate of drug-likeness (QED) is 0.545. The van der Waals surface area contributed by atoms with Crippen LogP contribution >= 0.6 is 23.1 Å². The molecule has 4 nitrogen and oxygen atoms in total. The molecule has 0 radical (unpaired) electrons. The summed E-state index contributed by atoms with van der Waals surface area (Å²) in [5.41, 5.74) is 2.96. The first-order valence-corrected chi connectivity index (χ1v) is 9.21. The molecule has 0 saturated heterocycles. The molecular weight excluding hydrogens is 326 g/mol. The predicted octanol–water partition coefficient (Wildman–Crippen LogP) is 4.55. The van der Waals surface area contributed by atoms with Crippen LogP contribution in [0.5, 0.6) is 0 Å². The molecule has 2 heterocycles. The highest BCUT2D eigenvalue weighted by molar-refractivity contribution is 8.00. The monoisotopic (exact) mass is 343 g/mol. The Morgan fingerprint density at radius 2 is 2.09 bits per heavy atom. The highest BCUT2D eigenvalue weighted by Gasteiger charge is 2.11. The number of nitrogens with one attached hydrogen (secondary N) is 1. The first-order chi connectivity index (χ1) is 11.1. The topological polar surface area (TPSA) is 54.9 Å². The van der Waals surface area contributed by atoms with Gasteiger partial charge in [0.2, 0.25) is 5.91 Å². The lowest BCUT2D eigenvalue weighted by Crippen LogP contribution is -2.15. The van der Waals surface area contributed by atoms with Gasteiger partial charge in [0.1, 0.15) is 11.4 Å². The third-order valence-electron chi connectivity index (χ3n) is 3.41. The van der Waals surface area contributed by atoms with Crippen LogP contribution in [0.1, 0.15) is 25.3 Å². The van der Waals surface area contributed by atoms with Crippen molar-refractivity contribution >= 4 is 44.9 Å². The second-order valence-corrected chi connectivity index (χ2v) is 7.27. The van der Waals surface area contributed by atoms with E-state index in [2.05, 4.69) is 29.1 Å². The maximum atomic E-state index is 12.3. The number of para-hydroxylation sites is 1. The van der Waals surface area contributed by atoms with Crippen LogP contribution in [0.25, 0.3) is 10.2 Å². The summed E-state index contributed by atoms with van der Waals surface area (Å²) < 4.78 is 1.04. The number of anilines is 1. The fraction of sp³-hybridized carbons (Fsp3) is 0.235. The molecule has 23 heavy (non-hydrogen) atoms. The SMILES string of the molecule is CC(C)c1ccccc1NC(=O)CSc1ncnc2ccsc12. The minimum absolute atomic E-state index is 0.0218. The van der Waals surface area contributed by atoms with Crippen LogP contribution < -0.4 is 5.32 Å². The maximum Gasteiger partial charge on any atom is 0.234 e. The van der Waals surface area contributed by atoms with Crippen molar-refractivity contribution in [2.75, 3.05) is 11.1 Å². The number of hydrogen-bond donors (Lipinski definition) is 1. The second-order valence-electron chi connectivity index (χ2n) is 5.39. The summed E-state index contributed by atoms with van der Waals surface area (Å²) in [6, 6.07) is 9.89. The molecule has 3 aromatic rings. The van der Waals surface area contributed by atoms with E-state index in [0.29, 0.717) is 11.7 Å². The molecule has 6 heteroatoms. The Morgan fingerprint density at radius 1 is 1.26 bits per heavy atom. The number of carbonyl (C=O) groups is 1. The van der Waals surface area contributed by atoms with Crippen molar-refractivity contribution < 1.29 is 4.79 Å². The van der Waals surface area contributed by atoms with Gasteiger partial charge in [0.15, 0.2) is 0 Å². The van der Waals surface area contributed by atoms with E-state index in [0.717, 1.165) is 26.5 Å². The van der Waals surface area contributed by atoms with Gasteiger partial charge in [-0.15, -0.1) is 11.3 Å². The minimum Gasteiger partial charge on any atom is -0.325 e. The molecule has 0 aliphatic rings. The number of thiophene rings is 1. The first-order valence-electron chi connectivity index (χ1n) is 7.35. The van der Waals surface area contributed by atoms with Gasteiger partial charge in [0.25, 0.3) is 0 Å². The molecule has 0 fully saturated rings. The third kappa shape index (κ3) is 3.71. The van der Waals surface area contributed by atoms with E-state index in [1.807, 2.05) is 35.7 Å². The normalized spacial score (nSPS) is 11.1. The van der Waals surface area contributed by atoms with Crippen molar-refractivity contribution in [3.8, 4) is 0 Å². The molecule has 118 valence electrons. The van der Waals surface area contributed by atoms with Crippen LogP contribution in [0.3, 0.4) is 0 Å². The van der Waals surface area contributed by atoms with E-state index >= 15 is 0 Å². The molecule has 0 atom stereocenters. The highest BCUT2D eigenvalue weighted by Crippen LogP contribution is 2.29. The van der Waals surface area contributed by atoms with Gasteiger partial charge in [-0.2, -0.15) is 0 Å². The number of rotatable bonds is 5. The number of aromatic nitrogens is 2. The average Bonchev–Trinajstić information content (AvgIpc) is 3.02. The van der Waals surface area contributed by atoms with Crippen LogP contribution in [0.4, 0.5) is 5.69 Å². The summed E-state index contributed by atoms with van der Waals surface area (Å²) in [6.07, 6.45) is 1.54. The summed E-state index contributed by atoms with van der Waals surface area (Å²) in [5.74, 6) is 0.675. The smallest absolute Gasteiger partial charge is 0.234 e. The Labute approximate surface area is 143 Å². The Hall–Kier alpha value is -1.92. The van der Waals surface area contributed by atoms with Gasteiger partial charge in [-0.25, -0.2) is 9.97 Å². The Bertz CT molecular complexity index is 829. The number of fused-ring (bicyclic) bond motifs is 1. The number of nitrogens with zero attached hydrogens (tertiary/aromatic N) is 2. The largest absolute Gasteiger partial charge is 0.325 e. The van der Waals surface area contributed by atoms with Crippen molar-refractivity contribution in [1.29, 1.82) is 0 Å². The zero-order valence-corrected chi connectivity index (χ0v) is 14.6. The number of thioether (sulfide) groups is 1. The summed E-state index contributed by atoms with van der Waals surface area (Å²) in [5, 5.41) is 5.85. The van der Waals surface area contributed by atoms with E-state index in [4.69, 9.17) is 0 Å². The molecule has 0 unspecified atom stereocenters. The van der Waals surface area contributed by atoms with E-state index in [9.17, 15) is 4.79 Å². The molecule has 1 aromatic carbocycles. The lowest BCUT2D eigenvalue weighted by Gasteiger charge is -2.13. The number of amides is 1. The molecule has 2 aromatic heterocycles. The van der Waals surface area contributed by atoms with Gasteiger partial charge in [0.05, 0.1) is 16.0 Å². The maximum absolute atomic E-state index is 12.3. The standard InChI is InChI=1S/C17H17N3OS2/c1-11(2)12-5-3-4-6-13(12)20-15(21)9-23-17-16-14(7-8-22-16)18-10-19-17/h3-8,10-11H,9H2,1-2H3,(H,20,21). The van der Waals surface area contributed by atoms with Gasteiger partial charge in [-0.05, 0) is 29.0 Å². The lowest BCUT2D eigenvalue weighted by molar-refractivity contribution is -0.113. The number of carbonyl (C=O) groups excluding carboxylic acids is 1. The van der Waals surface area contributed by atoms with E-state index < -0.39 is 0 Å². The van der Waals surface area contributed by atoms with Gasteiger partial charge in [0, 0.05) is 5.69 Å². The molecule has 1 amide bonds. The van der Waals surface area contributed by atoms with E-state index in [1.165, 1.54) is 11.8 Å². The molecular formula is C17H17N3OS2. The molecule has 3 rings (SSSR count). The summed E-state index contributed by atoms with van der Waals surface area (Å²) in [6.45, 7) is 4.24. The fourth-order valence-electron chi connectivity index (χ4n) is 2.30. The Balaban J connectivity index is 1.68. The van der Waals surface area contributed by atoms with E-state index in [1.54, 1.807) is 17.7 Å². The van der Waals surface area contributed by atoms with Gasteiger partial charge < -0.3 is 5.32 Å². The molecule has 1 N–H and O–H groups in total. The zero-order chi connectivity index (χ0) is 16.2. The summed E-state index contributed by atoms with van der Waals surface area (Å²) in [7, 11) is 0. The van der Waals surface area contributed by atoms with Crippen molar-refractivity contribution in [2.45, 2.75) is 24.8 Å².